The molecule has 0 aliphatic carbocycles. The van der Waals surface area contributed by atoms with E-state index in [2.05, 4.69) is 38.2 Å². The number of benzene rings is 1. The number of carboxylic acids is 1. The molecule has 0 aliphatic heterocycles. The molecular formula is C15H23NO2. The van der Waals surface area contributed by atoms with Crippen molar-refractivity contribution in [2.75, 3.05) is 0 Å². The molecule has 1 atom stereocenters. The molecular weight excluding hydrogens is 226 g/mol. The van der Waals surface area contributed by atoms with Gasteiger partial charge in [0.2, 0.25) is 0 Å². The molecule has 3 heteroatoms. The van der Waals surface area contributed by atoms with E-state index in [9.17, 15) is 4.79 Å². The summed E-state index contributed by atoms with van der Waals surface area (Å²) in [4.78, 5) is 11.1. The summed E-state index contributed by atoms with van der Waals surface area (Å²) in [6.07, 6.45) is 0. The fourth-order valence-electron chi connectivity index (χ4n) is 2.04. The minimum atomic E-state index is -0.786. The van der Waals surface area contributed by atoms with Crippen molar-refractivity contribution in [3.8, 4) is 0 Å². The van der Waals surface area contributed by atoms with Crippen molar-refractivity contribution < 1.29 is 9.90 Å². The van der Waals surface area contributed by atoms with Gasteiger partial charge in [0.15, 0.2) is 0 Å². The predicted molar refractivity (Wildman–Crippen MR) is 73.8 cm³/mol. The average molecular weight is 249 g/mol. The molecule has 0 aromatic heterocycles. The van der Waals surface area contributed by atoms with Crippen molar-refractivity contribution in [1.82, 2.24) is 5.32 Å². The topological polar surface area (TPSA) is 49.3 Å². The number of hydrogen-bond acceptors (Lipinski definition) is 2. The molecule has 100 valence electrons. The van der Waals surface area contributed by atoms with Gasteiger partial charge < -0.3 is 10.4 Å². The minimum Gasteiger partial charge on any atom is -0.480 e. The average Bonchev–Trinajstić information content (AvgIpc) is 2.24. The number of nitrogens with one attached hydrogen (secondary N) is 1. The van der Waals surface area contributed by atoms with Crippen molar-refractivity contribution in [1.29, 1.82) is 0 Å². The lowest BCUT2D eigenvalue weighted by atomic mass is 9.99. The smallest absolute Gasteiger partial charge is 0.320 e. The normalized spacial score (nSPS) is 12.8. The van der Waals surface area contributed by atoms with E-state index in [0.717, 1.165) is 0 Å². The van der Waals surface area contributed by atoms with Crippen LogP contribution < -0.4 is 5.32 Å². The molecule has 0 saturated carbocycles. The van der Waals surface area contributed by atoms with Crippen molar-refractivity contribution in [3.05, 3.63) is 34.4 Å². The summed E-state index contributed by atoms with van der Waals surface area (Å²) in [7, 11) is 0. The summed E-state index contributed by atoms with van der Waals surface area (Å²) >= 11 is 0. The number of aliphatic carboxylic acids is 1. The molecule has 18 heavy (non-hydrogen) atoms. The maximum atomic E-state index is 11.1. The second-order valence-electron chi connectivity index (χ2n) is 5.30. The van der Waals surface area contributed by atoms with Crippen molar-refractivity contribution in [2.24, 2.45) is 5.92 Å². The summed E-state index contributed by atoms with van der Waals surface area (Å²) in [5.74, 6) is -0.708. The number of aryl methyl sites for hydroxylation is 3. The lowest BCUT2D eigenvalue weighted by Gasteiger charge is -2.19. The Morgan fingerprint density at radius 3 is 2.22 bits per heavy atom. The lowest BCUT2D eigenvalue weighted by Crippen LogP contribution is -2.40. The van der Waals surface area contributed by atoms with Crippen LogP contribution in [0.4, 0.5) is 0 Å². The molecule has 0 saturated heterocycles. The van der Waals surface area contributed by atoms with Crippen LogP contribution >= 0.6 is 0 Å². The Bertz CT molecular complexity index is 438. The van der Waals surface area contributed by atoms with Gasteiger partial charge in [-0.25, -0.2) is 0 Å². The summed E-state index contributed by atoms with van der Waals surface area (Å²) in [6.45, 7) is 10.7. The van der Waals surface area contributed by atoms with Crippen LogP contribution in [0, 0.1) is 26.7 Å². The quantitative estimate of drug-likeness (QED) is 0.843. The van der Waals surface area contributed by atoms with Crippen LogP contribution in [0.5, 0.6) is 0 Å². The summed E-state index contributed by atoms with van der Waals surface area (Å²) in [6, 6.07) is 3.79. The van der Waals surface area contributed by atoms with Crippen molar-refractivity contribution in [2.45, 2.75) is 47.2 Å². The fourth-order valence-corrected chi connectivity index (χ4v) is 2.04. The monoisotopic (exact) mass is 249 g/mol. The van der Waals surface area contributed by atoms with Crippen LogP contribution in [0.25, 0.3) is 0 Å². The molecule has 0 radical (unpaired) electrons. The molecule has 0 bridgehead atoms. The molecule has 0 fully saturated rings. The van der Waals surface area contributed by atoms with Gasteiger partial charge in [0, 0.05) is 6.54 Å². The molecule has 1 aromatic rings. The van der Waals surface area contributed by atoms with Crippen molar-refractivity contribution >= 4 is 5.97 Å². The van der Waals surface area contributed by atoms with Crippen molar-refractivity contribution in [3.63, 3.8) is 0 Å². The summed E-state index contributed by atoms with van der Waals surface area (Å²) < 4.78 is 0. The van der Waals surface area contributed by atoms with E-state index in [1.54, 1.807) is 0 Å². The van der Waals surface area contributed by atoms with E-state index >= 15 is 0 Å². The standard InChI is InChI=1S/C15H23NO2/c1-9(2)14(15(17)18)16-8-13-7-11(4)10(3)6-12(13)5/h6-7,9,14,16H,8H2,1-5H3,(H,17,18). The highest BCUT2D eigenvalue weighted by atomic mass is 16.4. The van der Waals surface area contributed by atoms with E-state index in [4.69, 9.17) is 5.11 Å². The maximum absolute atomic E-state index is 11.1. The minimum absolute atomic E-state index is 0.0781. The van der Waals surface area contributed by atoms with E-state index in [1.165, 1.54) is 22.3 Å². The van der Waals surface area contributed by atoms with Gasteiger partial charge in [-0.15, -0.1) is 0 Å². The van der Waals surface area contributed by atoms with E-state index in [0.29, 0.717) is 6.54 Å². The molecule has 0 heterocycles. The third-order valence-corrected chi connectivity index (χ3v) is 3.40. The van der Waals surface area contributed by atoms with E-state index in [1.807, 2.05) is 13.8 Å². The molecule has 1 unspecified atom stereocenters. The Kier molecular flexibility index (Phi) is 4.91. The predicted octanol–water partition coefficient (Wildman–Crippen LogP) is 2.81. The Morgan fingerprint density at radius 1 is 1.17 bits per heavy atom. The first-order valence-corrected chi connectivity index (χ1v) is 6.35. The Morgan fingerprint density at radius 2 is 1.72 bits per heavy atom. The molecule has 0 amide bonds. The molecule has 2 N–H and O–H groups in total. The van der Waals surface area contributed by atoms with Crippen LogP contribution in [-0.2, 0) is 11.3 Å². The van der Waals surface area contributed by atoms with Crippen LogP contribution in [0.1, 0.15) is 36.1 Å². The largest absolute Gasteiger partial charge is 0.480 e. The van der Waals surface area contributed by atoms with Crippen LogP contribution in [-0.4, -0.2) is 17.1 Å². The highest BCUT2D eigenvalue weighted by Crippen LogP contribution is 2.15. The number of rotatable bonds is 5. The van der Waals surface area contributed by atoms with Gasteiger partial charge in [0.1, 0.15) is 6.04 Å². The highest BCUT2D eigenvalue weighted by Gasteiger charge is 2.20. The van der Waals surface area contributed by atoms with Gasteiger partial charge in [-0.1, -0.05) is 26.0 Å². The Hall–Kier alpha value is -1.35. The summed E-state index contributed by atoms with van der Waals surface area (Å²) in [5, 5.41) is 12.3. The first kappa shape index (κ1) is 14.7. The Labute approximate surface area is 109 Å². The van der Waals surface area contributed by atoms with Gasteiger partial charge in [-0.3, -0.25) is 4.79 Å². The SMILES string of the molecule is Cc1cc(C)c(CNC(C(=O)O)C(C)C)cc1C. The first-order valence-electron chi connectivity index (χ1n) is 6.35. The Balaban J connectivity index is 2.79. The highest BCUT2D eigenvalue weighted by molar-refractivity contribution is 5.73. The maximum Gasteiger partial charge on any atom is 0.320 e. The molecule has 0 spiro atoms. The van der Waals surface area contributed by atoms with Gasteiger partial charge in [0.25, 0.3) is 0 Å². The van der Waals surface area contributed by atoms with Gasteiger partial charge in [-0.2, -0.15) is 0 Å². The second kappa shape index (κ2) is 6.01. The zero-order valence-corrected chi connectivity index (χ0v) is 11.9. The molecule has 1 rings (SSSR count). The van der Waals surface area contributed by atoms with E-state index in [-0.39, 0.29) is 5.92 Å². The van der Waals surface area contributed by atoms with Crippen LogP contribution in [0.3, 0.4) is 0 Å². The lowest BCUT2D eigenvalue weighted by molar-refractivity contribution is -0.140. The third kappa shape index (κ3) is 3.57. The number of carboxylic acid groups (broad SMARTS) is 1. The van der Waals surface area contributed by atoms with Crippen LogP contribution in [0.2, 0.25) is 0 Å². The van der Waals surface area contributed by atoms with Crippen LogP contribution in [0.15, 0.2) is 12.1 Å². The molecule has 0 aliphatic rings. The zero-order valence-electron chi connectivity index (χ0n) is 11.9. The third-order valence-electron chi connectivity index (χ3n) is 3.40. The van der Waals surface area contributed by atoms with Gasteiger partial charge >= 0.3 is 5.97 Å². The van der Waals surface area contributed by atoms with Gasteiger partial charge in [-0.05, 0) is 48.9 Å². The second-order valence-corrected chi connectivity index (χ2v) is 5.30. The fraction of sp³-hybridized carbons (Fsp3) is 0.533. The van der Waals surface area contributed by atoms with E-state index < -0.39 is 12.0 Å². The molecule has 1 aromatic carbocycles. The molecule has 3 nitrogen and oxygen atoms in total. The zero-order chi connectivity index (χ0) is 13.9. The first-order chi connectivity index (χ1) is 8.32. The number of hydrogen-bond donors (Lipinski definition) is 2. The van der Waals surface area contributed by atoms with Gasteiger partial charge in [0.05, 0.1) is 0 Å². The number of carbonyl (C=O) groups is 1. The summed E-state index contributed by atoms with van der Waals surface area (Å²) in [5.41, 5.74) is 4.90.